The second-order valence-electron chi connectivity index (χ2n) is 6.22. The highest BCUT2D eigenvalue weighted by atomic mass is 16.5. The Balaban J connectivity index is 2.67. The SMILES string of the molecule is CCCCCc1c(CCCC)c(=O)[nH]c2cc(OC)cc(OC)c12. The summed E-state index contributed by atoms with van der Waals surface area (Å²) in [5, 5.41) is 1.03. The number of methoxy groups -OCH3 is 2. The summed E-state index contributed by atoms with van der Waals surface area (Å²) in [6, 6.07) is 3.78. The van der Waals surface area contributed by atoms with E-state index in [-0.39, 0.29) is 5.56 Å². The van der Waals surface area contributed by atoms with Crippen LogP contribution in [-0.2, 0) is 12.8 Å². The Morgan fingerprint density at radius 2 is 1.62 bits per heavy atom. The number of fused-ring (bicyclic) bond motifs is 1. The number of benzene rings is 1. The Hall–Kier alpha value is -1.97. The number of unbranched alkanes of at least 4 members (excludes halogenated alkanes) is 3. The molecule has 1 aromatic heterocycles. The molecule has 0 spiro atoms. The van der Waals surface area contributed by atoms with Crippen molar-refractivity contribution in [3.05, 3.63) is 33.6 Å². The van der Waals surface area contributed by atoms with E-state index in [1.807, 2.05) is 12.1 Å². The fourth-order valence-corrected chi connectivity index (χ4v) is 3.21. The van der Waals surface area contributed by atoms with Gasteiger partial charge in [-0.05, 0) is 31.2 Å². The van der Waals surface area contributed by atoms with E-state index >= 15 is 0 Å². The van der Waals surface area contributed by atoms with Crippen LogP contribution in [0, 0.1) is 0 Å². The average molecular weight is 331 g/mol. The number of aromatic amines is 1. The van der Waals surface area contributed by atoms with Crippen LogP contribution in [0.4, 0.5) is 0 Å². The number of aromatic nitrogens is 1. The number of H-pyrrole nitrogens is 1. The van der Waals surface area contributed by atoms with Crippen molar-refractivity contribution >= 4 is 10.9 Å². The maximum Gasteiger partial charge on any atom is 0.251 e. The van der Waals surface area contributed by atoms with E-state index in [4.69, 9.17) is 9.47 Å². The third-order valence-corrected chi connectivity index (χ3v) is 4.53. The third-order valence-electron chi connectivity index (χ3n) is 4.53. The Labute approximate surface area is 144 Å². The summed E-state index contributed by atoms with van der Waals surface area (Å²) in [4.78, 5) is 15.7. The smallest absolute Gasteiger partial charge is 0.251 e. The zero-order valence-corrected chi connectivity index (χ0v) is 15.3. The molecule has 4 nitrogen and oxygen atoms in total. The molecule has 2 aromatic rings. The normalized spacial score (nSPS) is 11.0. The lowest BCUT2D eigenvalue weighted by Crippen LogP contribution is -2.17. The van der Waals surface area contributed by atoms with E-state index in [9.17, 15) is 4.79 Å². The average Bonchev–Trinajstić information content (AvgIpc) is 2.59. The van der Waals surface area contributed by atoms with Gasteiger partial charge in [-0.25, -0.2) is 0 Å². The van der Waals surface area contributed by atoms with Crippen LogP contribution in [-0.4, -0.2) is 19.2 Å². The van der Waals surface area contributed by atoms with Crippen molar-refractivity contribution in [3.8, 4) is 11.5 Å². The maximum absolute atomic E-state index is 12.7. The number of pyridine rings is 1. The third kappa shape index (κ3) is 3.92. The van der Waals surface area contributed by atoms with Crippen molar-refractivity contribution in [3.63, 3.8) is 0 Å². The number of hydrogen-bond acceptors (Lipinski definition) is 3. The summed E-state index contributed by atoms with van der Waals surface area (Å²) in [6.07, 6.45) is 7.24. The van der Waals surface area contributed by atoms with Crippen molar-refractivity contribution in [1.29, 1.82) is 0 Å². The van der Waals surface area contributed by atoms with Gasteiger partial charge in [0.25, 0.3) is 5.56 Å². The number of nitrogens with one attached hydrogen (secondary N) is 1. The molecule has 1 heterocycles. The molecule has 0 bridgehead atoms. The molecule has 1 N–H and O–H groups in total. The summed E-state index contributed by atoms with van der Waals surface area (Å²) >= 11 is 0. The Bertz CT molecular complexity index is 734. The molecular weight excluding hydrogens is 302 g/mol. The molecule has 132 valence electrons. The summed E-state index contributed by atoms with van der Waals surface area (Å²) < 4.78 is 11.0. The zero-order chi connectivity index (χ0) is 17.5. The molecular formula is C20H29NO3. The van der Waals surface area contributed by atoms with E-state index in [0.717, 1.165) is 66.3 Å². The lowest BCUT2D eigenvalue weighted by molar-refractivity contribution is 0.397. The second-order valence-corrected chi connectivity index (χ2v) is 6.22. The standard InChI is InChI=1S/C20H29NO3/c1-5-7-9-11-15-16(10-8-6-2)20(22)21-17-12-14(23-3)13-18(24-4)19(15)17/h12-13H,5-11H2,1-4H3,(H,21,22). The first-order valence-corrected chi connectivity index (χ1v) is 8.95. The van der Waals surface area contributed by atoms with Crippen molar-refractivity contribution in [2.24, 2.45) is 0 Å². The molecule has 0 saturated carbocycles. The predicted molar refractivity (Wildman–Crippen MR) is 99.5 cm³/mol. The molecule has 0 unspecified atom stereocenters. The summed E-state index contributed by atoms with van der Waals surface area (Å²) in [7, 11) is 3.29. The molecule has 0 aliphatic carbocycles. The highest BCUT2D eigenvalue weighted by Crippen LogP contribution is 2.34. The first-order valence-electron chi connectivity index (χ1n) is 8.95. The molecule has 2 rings (SSSR count). The van der Waals surface area contributed by atoms with Crippen LogP contribution in [0.1, 0.15) is 57.1 Å². The molecule has 0 atom stereocenters. The minimum absolute atomic E-state index is 0.0257. The molecule has 4 heteroatoms. The predicted octanol–water partition coefficient (Wildman–Crippen LogP) is 4.62. The van der Waals surface area contributed by atoms with Crippen LogP contribution in [0.5, 0.6) is 11.5 Å². The van der Waals surface area contributed by atoms with E-state index in [1.165, 1.54) is 6.42 Å². The van der Waals surface area contributed by atoms with E-state index in [0.29, 0.717) is 5.75 Å². The van der Waals surface area contributed by atoms with Gasteiger partial charge in [0.05, 0.1) is 19.7 Å². The highest BCUT2D eigenvalue weighted by molar-refractivity contribution is 5.90. The van der Waals surface area contributed by atoms with Crippen LogP contribution in [0.2, 0.25) is 0 Å². The monoisotopic (exact) mass is 331 g/mol. The molecule has 0 aliphatic rings. The van der Waals surface area contributed by atoms with Crippen LogP contribution in [0.3, 0.4) is 0 Å². The van der Waals surface area contributed by atoms with Crippen molar-refractivity contribution in [2.75, 3.05) is 14.2 Å². The quantitative estimate of drug-likeness (QED) is 0.682. The van der Waals surface area contributed by atoms with Crippen molar-refractivity contribution < 1.29 is 9.47 Å². The summed E-state index contributed by atoms with van der Waals surface area (Å²) in [5.74, 6) is 1.46. The minimum Gasteiger partial charge on any atom is -0.497 e. The van der Waals surface area contributed by atoms with E-state index < -0.39 is 0 Å². The highest BCUT2D eigenvalue weighted by Gasteiger charge is 2.17. The zero-order valence-electron chi connectivity index (χ0n) is 15.3. The Morgan fingerprint density at radius 3 is 2.25 bits per heavy atom. The van der Waals surface area contributed by atoms with Gasteiger partial charge >= 0.3 is 0 Å². The van der Waals surface area contributed by atoms with Crippen molar-refractivity contribution in [1.82, 2.24) is 4.98 Å². The van der Waals surface area contributed by atoms with E-state index in [2.05, 4.69) is 18.8 Å². The van der Waals surface area contributed by atoms with Gasteiger partial charge in [0.2, 0.25) is 0 Å². The number of ether oxygens (including phenoxy) is 2. The summed E-state index contributed by atoms with van der Waals surface area (Å²) in [5.41, 5.74) is 2.89. The van der Waals surface area contributed by atoms with Gasteiger partial charge in [0.1, 0.15) is 11.5 Å². The number of hydrogen-bond donors (Lipinski definition) is 1. The van der Waals surface area contributed by atoms with Gasteiger partial charge in [-0.2, -0.15) is 0 Å². The van der Waals surface area contributed by atoms with Crippen LogP contribution in [0.15, 0.2) is 16.9 Å². The fourth-order valence-electron chi connectivity index (χ4n) is 3.21. The second kappa shape index (κ2) is 8.76. The number of rotatable bonds is 9. The van der Waals surface area contributed by atoms with Gasteiger partial charge in [-0.1, -0.05) is 33.1 Å². The number of aryl methyl sites for hydroxylation is 1. The van der Waals surface area contributed by atoms with Gasteiger partial charge < -0.3 is 14.5 Å². The van der Waals surface area contributed by atoms with E-state index in [1.54, 1.807) is 14.2 Å². The van der Waals surface area contributed by atoms with Crippen LogP contribution >= 0.6 is 0 Å². The first-order chi connectivity index (χ1) is 11.7. The van der Waals surface area contributed by atoms with Gasteiger partial charge in [0, 0.05) is 23.1 Å². The van der Waals surface area contributed by atoms with Gasteiger partial charge in [-0.15, -0.1) is 0 Å². The minimum atomic E-state index is 0.0257. The topological polar surface area (TPSA) is 51.3 Å². The largest absolute Gasteiger partial charge is 0.497 e. The molecule has 0 saturated heterocycles. The first kappa shape index (κ1) is 18.4. The van der Waals surface area contributed by atoms with Crippen LogP contribution in [0.25, 0.3) is 10.9 Å². The molecule has 0 aliphatic heterocycles. The molecule has 1 aromatic carbocycles. The molecule has 0 fully saturated rings. The molecule has 24 heavy (non-hydrogen) atoms. The van der Waals surface area contributed by atoms with Crippen LogP contribution < -0.4 is 15.0 Å². The summed E-state index contributed by atoms with van der Waals surface area (Å²) in [6.45, 7) is 4.34. The lowest BCUT2D eigenvalue weighted by Gasteiger charge is -2.16. The van der Waals surface area contributed by atoms with Gasteiger partial charge in [0.15, 0.2) is 0 Å². The fraction of sp³-hybridized carbons (Fsp3) is 0.550. The lowest BCUT2D eigenvalue weighted by atomic mass is 9.94. The van der Waals surface area contributed by atoms with Crippen molar-refractivity contribution in [2.45, 2.75) is 58.8 Å². The Morgan fingerprint density at radius 1 is 0.917 bits per heavy atom. The molecule has 0 amide bonds. The molecule has 0 radical (unpaired) electrons. The Kier molecular flexibility index (Phi) is 6.71. The van der Waals surface area contributed by atoms with Gasteiger partial charge in [-0.3, -0.25) is 4.79 Å². The maximum atomic E-state index is 12.7.